The fourth-order valence-electron chi connectivity index (χ4n) is 3.60. The topological polar surface area (TPSA) is 76.4 Å². The predicted molar refractivity (Wildman–Crippen MR) is 117 cm³/mol. The van der Waals surface area contributed by atoms with Gasteiger partial charge in [0, 0.05) is 31.2 Å². The number of carbonyl (C=O) groups is 1. The minimum atomic E-state index is -0.965. The molecule has 1 amide bonds. The molecule has 1 fully saturated rings. The summed E-state index contributed by atoms with van der Waals surface area (Å²) in [4.78, 5) is 17.2. The van der Waals surface area contributed by atoms with E-state index in [1.165, 1.54) is 0 Å². The van der Waals surface area contributed by atoms with Crippen LogP contribution < -0.4 is 4.74 Å². The number of hydrogen-bond donors (Lipinski definition) is 0. The van der Waals surface area contributed by atoms with Gasteiger partial charge in [0.15, 0.2) is 11.4 Å². The van der Waals surface area contributed by atoms with Crippen LogP contribution in [0.5, 0.6) is 5.75 Å². The minimum absolute atomic E-state index is 0.0313. The molecule has 0 radical (unpaired) electrons. The molecule has 0 N–H and O–H groups in total. The first-order valence-electron chi connectivity index (χ1n) is 10.2. The Balaban J connectivity index is 1.34. The van der Waals surface area contributed by atoms with E-state index in [-0.39, 0.29) is 5.91 Å². The molecule has 8 nitrogen and oxygen atoms in total. The summed E-state index contributed by atoms with van der Waals surface area (Å²) in [7, 11) is 0. The van der Waals surface area contributed by atoms with Crippen LogP contribution in [0.2, 0.25) is 5.02 Å². The molecule has 162 valence electrons. The van der Waals surface area contributed by atoms with Crippen molar-refractivity contribution in [2.24, 2.45) is 0 Å². The van der Waals surface area contributed by atoms with Gasteiger partial charge in [-0.1, -0.05) is 29.8 Å². The van der Waals surface area contributed by atoms with Crippen molar-refractivity contribution in [1.82, 2.24) is 30.0 Å². The number of carbonyl (C=O) groups excluding carboxylic acids is 1. The smallest absolute Gasteiger partial charge is 0.266 e. The second kappa shape index (κ2) is 9.03. The highest BCUT2D eigenvalue weighted by Gasteiger charge is 2.36. The number of tetrazole rings is 1. The molecule has 1 aromatic heterocycles. The van der Waals surface area contributed by atoms with Gasteiger partial charge >= 0.3 is 0 Å². The van der Waals surface area contributed by atoms with Gasteiger partial charge in [-0.15, -0.1) is 5.10 Å². The molecule has 1 saturated heterocycles. The number of rotatable bonds is 6. The summed E-state index contributed by atoms with van der Waals surface area (Å²) in [6.45, 7) is 6.94. The van der Waals surface area contributed by atoms with E-state index in [2.05, 4.69) is 20.4 Å². The van der Waals surface area contributed by atoms with Crippen LogP contribution in [0.4, 0.5) is 0 Å². The van der Waals surface area contributed by atoms with Crippen molar-refractivity contribution in [3.8, 4) is 11.4 Å². The molecule has 4 rings (SSSR count). The number of benzene rings is 2. The van der Waals surface area contributed by atoms with E-state index >= 15 is 0 Å². The fraction of sp³-hybridized carbons (Fsp3) is 0.364. The van der Waals surface area contributed by atoms with E-state index in [0.717, 1.165) is 24.6 Å². The zero-order valence-corrected chi connectivity index (χ0v) is 18.4. The zero-order valence-electron chi connectivity index (χ0n) is 17.6. The molecule has 0 saturated carbocycles. The summed E-state index contributed by atoms with van der Waals surface area (Å²) < 4.78 is 7.71. The molecule has 31 heavy (non-hydrogen) atoms. The Labute approximate surface area is 186 Å². The number of amides is 1. The summed E-state index contributed by atoms with van der Waals surface area (Å²) in [6.07, 6.45) is 0. The lowest BCUT2D eigenvalue weighted by atomic mass is 10.1. The van der Waals surface area contributed by atoms with Gasteiger partial charge in [-0.2, -0.15) is 4.68 Å². The van der Waals surface area contributed by atoms with Gasteiger partial charge in [0.1, 0.15) is 5.75 Å². The van der Waals surface area contributed by atoms with Crippen LogP contribution in [0.1, 0.15) is 19.7 Å². The second-order valence-electron chi connectivity index (χ2n) is 7.98. The first-order valence-corrected chi connectivity index (χ1v) is 10.6. The van der Waals surface area contributed by atoms with E-state index in [1.54, 1.807) is 42.8 Å². The fourth-order valence-corrected chi connectivity index (χ4v) is 3.73. The van der Waals surface area contributed by atoms with Crippen molar-refractivity contribution in [1.29, 1.82) is 0 Å². The van der Waals surface area contributed by atoms with E-state index < -0.39 is 5.60 Å². The molecule has 9 heteroatoms. The number of piperazine rings is 1. The third-order valence-corrected chi connectivity index (χ3v) is 5.51. The SMILES string of the molecule is CC(C)(Oc1ccc(Cl)cc1)C(=O)N1CCN(Cc2nnnn2-c2ccccc2)CC1. The first kappa shape index (κ1) is 21.3. The van der Waals surface area contributed by atoms with Gasteiger partial charge in [0.05, 0.1) is 12.2 Å². The molecule has 0 atom stereocenters. The Morgan fingerprint density at radius 1 is 1.03 bits per heavy atom. The number of hydrogen-bond acceptors (Lipinski definition) is 6. The molecule has 1 aliphatic rings. The van der Waals surface area contributed by atoms with Crippen LogP contribution in [0, 0.1) is 0 Å². The number of para-hydroxylation sites is 1. The molecule has 0 bridgehead atoms. The van der Waals surface area contributed by atoms with Crippen molar-refractivity contribution >= 4 is 17.5 Å². The summed E-state index contributed by atoms with van der Waals surface area (Å²) in [5, 5.41) is 12.8. The minimum Gasteiger partial charge on any atom is -0.478 e. The molecule has 2 aromatic carbocycles. The molecule has 3 aromatic rings. The quantitative estimate of drug-likeness (QED) is 0.586. The van der Waals surface area contributed by atoms with E-state index in [1.807, 2.05) is 35.2 Å². The Kier molecular flexibility index (Phi) is 6.20. The van der Waals surface area contributed by atoms with Gasteiger partial charge in [-0.05, 0) is 60.7 Å². The average molecular weight is 441 g/mol. The average Bonchev–Trinajstić information content (AvgIpc) is 3.24. The summed E-state index contributed by atoms with van der Waals surface area (Å²) in [6, 6.07) is 16.9. The third-order valence-electron chi connectivity index (χ3n) is 5.26. The van der Waals surface area contributed by atoms with Crippen molar-refractivity contribution < 1.29 is 9.53 Å². The van der Waals surface area contributed by atoms with Crippen LogP contribution in [-0.4, -0.2) is 67.7 Å². The second-order valence-corrected chi connectivity index (χ2v) is 8.41. The first-order chi connectivity index (χ1) is 14.9. The van der Waals surface area contributed by atoms with Crippen LogP contribution >= 0.6 is 11.6 Å². The van der Waals surface area contributed by atoms with E-state index in [0.29, 0.717) is 30.4 Å². The third kappa shape index (κ3) is 5.03. The maximum absolute atomic E-state index is 13.1. The van der Waals surface area contributed by atoms with Crippen LogP contribution in [0.3, 0.4) is 0 Å². The van der Waals surface area contributed by atoms with E-state index in [9.17, 15) is 4.79 Å². The standard InChI is InChI=1S/C22H25ClN6O2/c1-22(2,31-19-10-8-17(23)9-11-19)21(30)28-14-12-27(13-15-28)16-20-24-25-26-29(20)18-6-4-3-5-7-18/h3-11H,12-16H2,1-2H3. The number of ether oxygens (including phenoxy) is 1. The lowest BCUT2D eigenvalue weighted by Crippen LogP contribution is -2.55. The maximum Gasteiger partial charge on any atom is 0.266 e. The Morgan fingerprint density at radius 2 is 1.71 bits per heavy atom. The summed E-state index contributed by atoms with van der Waals surface area (Å²) in [5.41, 5.74) is -0.0367. The molecule has 0 unspecified atom stereocenters. The van der Waals surface area contributed by atoms with Gasteiger partial charge < -0.3 is 9.64 Å². The van der Waals surface area contributed by atoms with Gasteiger partial charge in [0.25, 0.3) is 5.91 Å². The van der Waals surface area contributed by atoms with Crippen molar-refractivity contribution in [2.45, 2.75) is 26.0 Å². The summed E-state index contributed by atoms with van der Waals surface area (Å²) >= 11 is 5.93. The van der Waals surface area contributed by atoms with E-state index in [4.69, 9.17) is 16.3 Å². The molecule has 2 heterocycles. The number of nitrogens with zero attached hydrogens (tertiary/aromatic N) is 6. The lowest BCUT2D eigenvalue weighted by molar-refractivity contribution is -0.147. The van der Waals surface area contributed by atoms with Crippen molar-refractivity contribution in [2.75, 3.05) is 26.2 Å². The largest absolute Gasteiger partial charge is 0.478 e. The molecule has 0 spiro atoms. The molecule has 0 aliphatic carbocycles. The van der Waals surface area contributed by atoms with Crippen LogP contribution in [-0.2, 0) is 11.3 Å². The Bertz CT molecular complexity index is 1010. The molecule has 1 aliphatic heterocycles. The molecular weight excluding hydrogens is 416 g/mol. The normalized spacial score (nSPS) is 15.1. The Hall–Kier alpha value is -2.97. The zero-order chi connectivity index (χ0) is 21.8. The molecular formula is C22H25ClN6O2. The van der Waals surface area contributed by atoms with Crippen molar-refractivity contribution in [3.05, 3.63) is 65.4 Å². The van der Waals surface area contributed by atoms with Gasteiger partial charge in [0.2, 0.25) is 0 Å². The van der Waals surface area contributed by atoms with Crippen LogP contribution in [0.25, 0.3) is 5.69 Å². The highest BCUT2D eigenvalue weighted by molar-refractivity contribution is 6.30. The predicted octanol–water partition coefficient (Wildman–Crippen LogP) is 2.82. The highest BCUT2D eigenvalue weighted by atomic mass is 35.5. The van der Waals surface area contributed by atoms with Crippen molar-refractivity contribution in [3.63, 3.8) is 0 Å². The Morgan fingerprint density at radius 3 is 2.39 bits per heavy atom. The lowest BCUT2D eigenvalue weighted by Gasteiger charge is -2.38. The highest BCUT2D eigenvalue weighted by Crippen LogP contribution is 2.23. The van der Waals surface area contributed by atoms with Gasteiger partial charge in [-0.3, -0.25) is 9.69 Å². The monoisotopic (exact) mass is 440 g/mol. The maximum atomic E-state index is 13.1. The number of halogens is 1. The number of aromatic nitrogens is 4. The van der Waals surface area contributed by atoms with Crippen LogP contribution in [0.15, 0.2) is 54.6 Å². The van der Waals surface area contributed by atoms with Gasteiger partial charge in [-0.25, -0.2) is 0 Å². The summed E-state index contributed by atoms with van der Waals surface area (Å²) in [5.74, 6) is 1.36.